The van der Waals surface area contributed by atoms with Crippen molar-refractivity contribution in [3.8, 4) is 45.3 Å². The number of aromatic nitrogens is 4. The van der Waals surface area contributed by atoms with Crippen LogP contribution < -0.4 is 14.4 Å². The third-order valence-electron chi connectivity index (χ3n) is 16.0. The molecule has 20 heteroatoms. The number of hydrogen-bond acceptors (Lipinski definition) is 16. The molecule has 7 aromatic rings. The number of ether oxygens (including phenoxy) is 2. The van der Waals surface area contributed by atoms with E-state index in [1.807, 2.05) is 74.5 Å². The Morgan fingerprint density at radius 1 is 0.988 bits per heavy atom. The van der Waals surface area contributed by atoms with E-state index >= 15 is 4.39 Å². The number of piperidine rings is 1. The molecule has 81 heavy (non-hydrogen) atoms. The Balaban J connectivity index is 0.763. The topological polar surface area (TPSA) is 212 Å². The number of ketones is 1. The van der Waals surface area contributed by atoms with Crippen molar-refractivity contribution in [3.05, 3.63) is 119 Å². The highest BCUT2D eigenvalue weighted by molar-refractivity contribution is 7.13. The smallest absolute Gasteiger partial charge is 0.319 e. The first-order valence-corrected chi connectivity index (χ1v) is 28.8. The molecule has 10 rings (SSSR count). The summed E-state index contributed by atoms with van der Waals surface area (Å²) < 4.78 is 35.5. The first kappa shape index (κ1) is 56.8. The Morgan fingerprint density at radius 2 is 1.77 bits per heavy atom. The van der Waals surface area contributed by atoms with Crippen molar-refractivity contribution < 1.29 is 43.0 Å². The summed E-state index contributed by atoms with van der Waals surface area (Å²) in [6, 6.07) is 22.7. The molecule has 6 heterocycles. The quantitative estimate of drug-likeness (QED) is 0.0722. The maximum atomic E-state index is 17.3. The van der Waals surface area contributed by atoms with Crippen LogP contribution in [-0.4, -0.2) is 140 Å². The van der Waals surface area contributed by atoms with Crippen LogP contribution in [0.3, 0.4) is 0 Å². The Morgan fingerprint density at radius 3 is 2.49 bits per heavy atom. The van der Waals surface area contributed by atoms with E-state index in [4.69, 9.17) is 30.6 Å². The minimum absolute atomic E-state index is 0.0382. The summed E-state index contributed by atoms with van der Waals surface area (Å²) in [5, 5.41) is 37.2. The van der Waals surface area contributed by atoms with Gasteiger partial charge in [-0.3, -0.25) is 19.3 Å². The van der Waals surface area contributed by atoms with Crippen LogP contribution in [0.1, 0.15) is 81.7 Å². The lowest BCUT2D eigenvalue weighted by atomic mass is 9.89. The van der Waals surface area contributed by atoms with Gasteiger partial charge in [-0.05, 0) is 108 Å². The van der Waals surface area contributed by atoms with E-state index in [9.17, 15) is 29.9 Å². The number of carbonyl (C=O) groups excluding carboxylic acids is 3. The summed E-state index contributed by atoms with van der Waals surface area (Å²) in [4.78, 5) is 63.3. The van der Waals surface area contributed by atoms with Crippen LogP contribution in [0.4, 0.5) is 10.2 Å². The minimum atomic E-state index is -0.825. The highest BCUT2D eigenvalue weighted by atomic mass is 35.5. The van der Waals surface area contributed by atoms with Gasteiger partial charge in [0, 0.05) is 62.6 Å². The molecule has 4 aromatic carbocycles. The summed E-state index contributed by atoms with van der Waals surface area (Å²) in [6.45, 7) is 14.9. The highest BCUT2D eigenvalue weighted by Gasteiger charge is 2.43. The van der Waals surface area contributed by atoms with Gasteiger partial charge in [-0.2, -0.15) is 15.2 Å². The van der Waals surface area contributed by atoms with E-state index < -0.39 is 29.9 Å². The number of piperazine rings is 1. The first-order chi connectivity index (χ1) is 39.1. The number of halogens is 2. The average Bonchev–Trinajstić information content (AvgIpc) is 4.33. The summed E-state index contributed by atoms with van der Waals surface area (Å²) in [6.07, 6.45) is 2.49. The molecule has 0 bridgehead atoms. The van der Waals surface area contributed by atoms with Gasteiger partial charge in [0.1, 0.15) is 29.6 Å². The predicted octanol–water partition coefficient (Wildman–Crippen LogP) is 10.1. The average molecular weight is 1140 g/mol. The zero-order valence-electron chi connectivity index (χ0n) is 45.8. The molecule has 3 aromatic heterocycles. The zero-order valence-corrected chi connectivity index (χ0v) is 47.3. The number of thiazole rings is 1. The van der Waals surface area contributed by atoms with E-state index in [2.05, 4.69) is 44.8 Å². The number of aliphatic hydroxyl groups is 1. The Labute approximate surface area is 478 Å². The second-order valence-corrected chi connectivity index (χ2v) is 23.0. The summed E-state index contributed by atoms with van der Waals surface area (Å²) in [5.41, 5.74) is 5.31. The summed E-state index contributed by atoms with van der Waals surface area (Å²) in [5.74, 6) is -1.36. The number of aromatic hydroxyl groups is 1. The van der Waals surface area contributed by atoms with Crippen LogP contribution in [0, 0.1) is 35.9 Å². The van der Waals surface area contributed by atoms with Gasteiger partial charge < -0.3 is 38.9 Å². The van der Waals surface area contributed by atoms with Gasteiger partial charge in [-0.15, -0.1) is 11.3 Å². The number of hydrogen-bond donors (Lipinski definition) is 2. The molecule has 3 aliphatic rings. The Hall–Kier alpha value is -7.50. The molecule has 422 valence electrons. The summed E-state index contributed by atoms with van der Waals surface area (Å²) in [7, 11) is 0. The molecule has 0 spiro atoms. The van der Waals surface area contributed by atoms with Gasteiger partial charge >= 0.3 is 6.01 Å². The first-order valence-electron chi connectivity index (χ1n) is 27.5. The number of fused-ring (bicyclic) bond motifs is 2. The lowest BCUT2D eigenvalue weighted by Crippen LogP contribution is -2.55. The molecule has 0 unspecified atom stereocenters. The predicted molar refractivity (Wildman–Crippen MR) is 308 cm³/mol. The van der Waals surface area contributed by atoms with Crippen LogP contribution in [-0.2, 0) is 14.4 Å². The van der Waals surface area contributed by atoms with Gasteiger partial charge in [0.25, 0.3) is 5.88 Å². The minimum Gasteiger partial charge on any atom is -0.508 e. The van der Waals surface area contributed by atoms with Crippen molar-refractivity contribution in [3.63, 3.8) is 0 Å². The zero-order chi connectivity index (χ0) is 57.1. The van der Waals surface area contributed by atoms with Crippen LogP contribution >= 0.6 is 22.9 Å². The number of phenolic OH excluding ortho intramolecular Hbond substituents is 1. The molecular formula is C61H65ClFN9O8S. The maximum absolute atomic E-state index is 17.3. The molecule has 17 nitrogen and oxygen atoms in total. The second kappa shape index (κ2) is 24.7. The number of aliphatic hydroxyl groups excluding tert-OH is 1. The van der Waals surface area contributed by atoms with Gasteiger partial charge in [0.2, 0.25) is 11.8 Å². The number of anilines is 1. The van der Waals surface area contributed by atoms with Crippen molar-refractivity contribution in [2.75, 3.05) is 63.9 Å². The number of phenols is 1. The van der Waals surface area contributed by atoms with Crippen molar-refractivity contribution in [1.82, 2.24) is 34.8 Å². The van der Waals surface area contributed by atoms with E-state index in [0.29, 0.717) is 53.0 Å². The van der Waals surface area contributed by atoms with E-state index in [1.165, 1.54) is 17.0 Å². The number of β-amino-alcohol motifs (C(OH)–C–C–N with tert-alkyl or cyclic N) is 1. The SMILES string of the molecule is C=CC(=O)N1CCN(c2nc(OCCN3CCC(COc4cc([C@H](C(=O)N5C[C@H](O)C[C@H]5C(=O)C[C@@H](C)c5ccc(-c6scnc6C)cc5)C(C)C)on4)CC3)nc3c(F)c(-c4cc(O)cc5ccccc45)c(Cl)cc23)C[C@@H]1CC#N. The molecule has 0 saturated carbocycles. The number of benzene rings is 4. The number of Topliss-reactive ketones (excluding diaryl/α,β-unsaturated/α-hetero) is 1. The molecule has 3 aliphatic heterocycles. The number of carbonyl (C=O) groups is 3. The fourth-order valence-corrected chi connectivity index (χ4v) is 12.8. The number of aryl methyl sites for hydroxylation is 1. The van der Waals surface area contributed by atoms with Gasteiger partial charge in [0.15, 0.2) is 17.4 Å². The molecule has 2 amide bonds. The fourth-order valence-electron chi connectivity index (χ4n) is 11.7. The van der Waals surface area contributed by atoms with Crippen LogP contribution in [0.2, 0.25) is 5.02 Å². The molecule has 3 fully saturated rings. The molecule has 0 radical (unpaired) electrons. The number of rotatable bonds is 19. The molecule has 0 aliphatic carbocycles. The summed E-state index contributed by atoms with van der Waals surface area (Å²) >= 11 is 8.55. The lowest BCUT2D eigenvalue weighted by molar-refractivity contribution is -0.140. The van der Waals surface area contributed by atoms with E-state index in [0.717, 1.165) is 47.6 Å². The number of nitrogens with zero attached hydrogens (tertiary/aromatic N) is 9. The maximum Gasteiger partial charge on any atom is 0.319 e. The number of amides is 2. The van der Waals surface area contributed by atoms with E-state index in [1.54, 1.807) is 34.4 Å². The normalized spacial score (nSPS) is 18.8. The molecule has 5 atom stereocenters. The largest absolute Gasteiger partial charge is 0.508 e. The Kier molecular flexibility index (Phi) is 17.3. The molecule has 2 N–H and O–H groups in total. The third kappa shape index (κ3) is 12.3. The van der Waals surface area contributed by atoms with Crippen molar-refractivity contribution >= 4 is 68.0 Å². The number of likely N-dealkylation sites (tertiary alicyclic amines) is 2. The monoisotopic (exact) mass is 1140 g/mol. The highest BCUT2D eigenvalue weighted by Crippen LogP contribution is 2.43. The number of nitriles is 1. The van der Waals surface area contributed by atoms with Gasteiger partial charge in [-0.1, -0.05) is 87.5 Å². The van der Waals surface area contributed by atoms with Gasteiger partial charge in [-0.25, -0.2) is 9.37 Å². The van der Waals surface area contributed by atoms with Gasteiger partial charge in [0.05, 0.1) is 58.4 Å². The van der Waals surface area contributed by atoms with Crippen molar-refractivity contribution in [2.45, 2.75) is 89.8 Å². The van der Waals surface area contributed by atoms with Crippen molar-refractivity contribution in [2.24, 2.45) is 11.8 Å². The molecular weight excluding hydrogens is 1070 g/mol. The van der Waals surface area contributed by atoms with E-state index in [-0.39, 0.29) is 115 Å². The molecule has 3 saturated heterocycles. The third-order valence-corrected chi connectivity index (χ3v) is 17.3. The van der Waals surface area contributed by atoms with Crippen molar-refractivity contribution in [1.29, 1.82) is 5.26 Å². The second-order valence-electron chi connectivity index (χ2n) is 21.8. The lowest BCUT2D eigenvalue weighted by Gasteiger charge is -2.41. The van der Waals surface area contributed by atoms with Crippen LogP contribution in [0.5, 0.6) is 17.6 Å². The van der Waals surface area contributed by atoms with Crippen LogP contribution in [0.15, 0.2) is 95.5 Å². The Bertz CT molecular complexity index is 3510. The van der Waals surface area contributed by atoms with Crippen LogP contribution in [0.25, 0.3) is 43.2 Å². The standard InChI is InChI=1S/C61H65ClFN9O8S/c1-6-53(76)71-22-21-70(31-42(71)15-18-64)59-47-29-48(62)55(46-27-43(73)26-41-9-7-8-10-45(41)46)56(63)57(47)66-61(67-59)78-24-23-69-19-16-38(17-20-69)33-79-52-30-51(80-68-52)54(35(2)3)60(77)72-32-44(74)28-49(72)50(75)25-36(4)39-11-13-40(14-12-39)58-37(5)65-34-81-58/h6-14,26-27,29-30,34-36,38,42,44,49,54,73-74H,1,15-17,19-25,28,31-33H2,2-5H3/t36-,42+,44-,49+,54-/m1/s1. The fraction of sp³-hybridized carbons (Fsp3) is 0.410.